The maximum atomic E-state index is 13.9. The first-order valence-corrected chi connectivity index (χ1v) is 9.25. The Kier molecular flexibility index (Phi) is 4.61. The summed E-state index contributed by atoms with van der Waals surface area (Å²) >= 11 is 1.81. The molecule has 0 unspecified atom stereocenters. The molecule has 7 heteroatoms. The lowest BCUT2D eigenvalue weighted by atomic mass is 10.1. The van der Waals surface area contributed by atoms with Gasteiger partial charge in [0.05, 0.1) is 10.6 Å². The van der Waals surface area contributed by atoms with Gasteiger partial charge in [-0.2, -0.15) is 11.8 Å². The Bertz CT molecular complexity index is 584. The summed E-state index contributed by atoms with van der Waals surface area (Å²) in [5.41, 5.74) is 0.317. The molecular formula is C13H19FN2O2S2. The summed E-state index contributed by atoms with van der Waals surface area (Å²) < 4.78 is 36.3. The highest BCUT2D eigenvalue weighted by molar-refractivity contribution is 8.00. The molecule has 1 aromatic rings. The van der Waals surface area contributed by atoms with Gasteiger partial charge in [-0.1, -0.05) is 12.8 Å². The lowest BCUT2D eigenvalue weighted by molar-refractivity contribution is 0.591. The van der Waals surface area contributed by atoms with Crippen molar-refractivity contribution in [3.05, 3.63) is 24.0 Å². The highest BCUT2D eigenvalue weighted by Gasteiger charge is 2.32. The summed E-state index contributed by atoms with van der Waals surface area (Å²) in [4.78, 5) is -0.207. The molecule has 112 valence electrons. The van der Waals surface area contributed by atoms with Crippen LogP contribution in [0.4, 0.5) is 10.1 Å². The molecular weight excluding hydrogens is 299 g/mol. The summed E-state index contributed by atoms with van der Waals surface area (Å²) in [7, 11) is -3.86. The van der Waals surface area contributed by atoms with Crippen molar-refractivity contribution < 1.29 is 12.8 Å². The molecule has 0 atom stereocenters. The van der Waals surface area contributed by atoms with Crippen LogP contribution >= 0.6 is 11.8 Å². The van der Waals surface area contributed by atoms with E-state index in [0.29, 0.717) is 12.2 Å². The molecule has 1 aliphatic rings. The molecule has 0 amide bonds. The van der Waals surface area contributed by atoms with E-state index in [1.807, 2.05) is 11.8 Å². The van der Waals surface area contributed by atoms with Crippen molar-refractivity contribution in [3.8, 4) is 0 Å². The zero-order valence-corrected chi connectivity index (χ0v) is 13.0. The number of anilines is 1. The van der Waals surface area contributed by atoms with E-state index in [4.69, 9.17) is 5.14 Å². The summed E-state index contributed by atoms with van der Waals surface area (Å²) in [6.07, 6.45) is 6.73. The molecule has 1 fully saturated rings. The van der Waals surface area contributed by atoms with Gasteiger partial charge in [0.1, 0.15) is 5.82 Å². The molecule has 0 aliphatic heterocycles. The van der Waals surface area contributed by atoms with E-state index in [-0.39, 0.29) is 9.64 Å². The number of hydrogen-bond acceptors (Lipinski definition) is 4. The van der Waals surface area contributed by atoms with Crippen molar-refractivity contribution in [3.63, 3.8) is 0 Å². The zero-order valence-electron chi connectivity index (χ0n) is 11.4. The van der Waals surface area contributed by atoms with Gasteiger partial charge in [-0.15, -0.1) is 0 Å². The van der Waals surface area contributed by atoms with E-state index >= 15 is 0 Å². The average molecular weight is 318 g/mol. The van der Waals surface area contributed by atoms with E-state index in [1.54, 1.807) is 0 Å². The van der Waals surface area contributed by atoms with Crippen LogP contribution < -0.4 is 10.5 Å². The van der Waals surface area contributed by atoms with E-state index < -0.39 is 15.8 Å². The third-order valence-electron chi connectivity index (χ3n) is 3.82. The van der Waals surface area contributed by atoms with E-state index in [9.17, 15) is 12.8 Å². The van der Waals surface area contributed by atoms with Crippen LogP contribution in [0.2, 0.25) is 0 Å². The van der Waals surface area contributed by atoms with Gasteiger partial charge in [0.15, 0.2) is 0 Å². The Labute approximate surface area is 123 Å². The first-order chi connectivity index (χ1) is 9.36. The van der Waals surface area contributed by atoms with Crippen molar-refractivity contribution in [1.29, 1.82) is 0 Å². The molecule has 0 aromatic heterocycles. The molecule has 1 aromatic carbocycles. The third kappa shape index (κ3) is 3.45. The van der Waals surface area contributed by atoms with Crippen LogP contribution in [0.5, 0.6) is 0 Å². The van der Waals surface area contributed by atoms with Crippen molar-refractivity contribution in [2.24, 2.45) is 5.14 Å². The normalized spacial score (nSPS) is 18.1. The third-order valence-corrected chi connectivity index (χ3v) is 6.15. The Hall–Kier alpha value is -0.790. The second kappa shape index (κ2) is 5.91. The van der Waals surface area contributed by atoms with Gasteiger partial charge in [0.2, 0.25) is 10.0 Å². The van der Waals surface area contributed by atoms with Crippen LogP contribution in [-0.2, 0) is 10.0 Å². The molecule has 0 bridgehead atoms. The fourth-order valence-electron chi connectivity index (χ4n) is 2.54. The van der Waals surface area contributed by atoms with Crippen LogP contribution in [0, 0.1) is 5.82 Å². The minimum absolute atomic E-state index is 0.158. The molecule has 3 N–H and O–H groups in total. The predicted octanol–water partition coefficient (Wildman–Crippen LogP) is 2.56. The predicted molar refractivity (Wildman–Crippen MR) is 81.0 cm³/mol. The molecule has 0 saturated heterocycles. The summed E-state index contributed by atoms with van der Waals surface area (Å²) in [5.74, 6) is -0.592. The largest absolute Gasteiger partial charge is 0.381 e. The minimum Gasteiger partial charge on any atom is -0.381 e. The first kappa shape index (κ1) is 15.6. The van der Waals surface area contributed by atoms with Gasteiger partial charge >= 0.3 is 0 Å². The van der Waals surface area contributed by atoms with Crippen molar-refractivity contribution >= 4 is 27.5 Å². The van der Waals surface area contributed by atoms with Crippen molar-refractivity contribution in [2.45, 2.75) is 35.3 Å². The molecule has 4 nitrogen and oxygen atoms in total. The standard InChI is InChI=1S/C13H19FN2O2S2/c1-19-13(6-2-3-7-13)9-16-12-5-4-10(8-11(12)14)20(15,17)18/h4-5,8,16H,2-3,6-7,9H2,1H3,(H2,15,17,18). The highest BCUT2D eigenvalue weighted by Crippen LogP contribution is 2.40. The summed E-state index contributed by atoms with van der Waals surface area (Å²) in [5, 5.41) is 8.07. The maximum Gasteiger partial charge on any atom is 0.238 e. The number of sulfonamides is 1. The average Bonchev–Trinajstić information content (AvgIpc) is 2.85. The Morgan fingerprint density at radius 1 is 1.40 bits per heavy atom. The topological polar surface area (TPSA) is 72.2 Å². The molecule has 2 rings (SSSR count). The number of thioether (sulfide) groups is 1. The lowest BCUT2D eigenvalue weighted by Gasteiger charge is -2.27. The number of benzene rings is 1. The van der Waals surface area contributed by atoms with Crippen molar-refractivity contribution in [1.82, 2.24) is 0 Å². The smallest absolute Gasteiger partial charge is 0.238 e. The quantitative estimate of drug-likeness (QED) is 0.875. The van der Waals surface area contributed by atoms with Crippen LogP contribution in [0.25, 0.3) is 0 Å². The number of nitrogens with two attached hydrogens (primary N) is 1. The molecule has 0 radical (unpaired) electrons. The summed E-state index contributed by atoms with van der Waals surface area (Å²) in [6, 6.07) is 3.71. The van der Waals surface area contributed by atoms with E-state index in [0.717, 1.165) is 18.9 Å². The summed E-state index contributed by atoms with van der Waals surface area (Å²) in [6.45, 7) is 0.680. The highest BCUT2D eigenvalue weighted by atomic mass is 32.2. The first-order valence-electron chi connectivity index (χ1n) is 6.48. The number of primary sulfonamides is 1. The number of rotatable bonds is 5. The number of hydrogen-bond donors (Lipinski definition) is 2. The van der Waals surface area contributed by atoms with Crippen molar-refractivity contribution in [2.75, 3.05) is 18.1 Å². The van der Waals surface area contributed by atoms with Gasteiger partial charge in [-0.3, -0.25) is 0 Å². The molecule has 1 saturated carbocycles. The number of halogens is 1. The fraction of sp³-hybridized carbons (Fsp3) is 0.538. The van der Waals surface area contributed by atoms with Gasteiger partial charge in [-0.25, -0.2) is 17.9 Å². The van der Waals surface area contributed by atoms with Gasteiger partial charge in [-0.05, 0) is 37.3 Å². The molecule has 1 aliphatic carbocycles. The Morgan fingerprint density at radius 3 is 2.55 bits per heavy atom. The second-order valence-electron chi connectivity index (χ2n) is 5.13. The molecule has 0 spiro atoms. The van der Waals surface area contributed by atoms with Crippen LogP contribution in [0.15, 0.2) is 23.1 Å². The van der Waals surface area contributed by atoms with E-state index in [2.05, 4.69) is 11.6 Å². The Balaban J connectivity index is 2.11. The molecule has 20 heavy (non-hydrogen) atoms. The number of nitrogens with one attached hydrogen (secondary N) is 1. The Morgan fingerprint density at radius 2 is 2.05 bits per heavy atom. The SMILES string of the molecule is CSC1(CNc2ccc(S(N)(=O)=O)cc2F)CCCC1. The fourth-order valence-corrected chi connectivity index (χ4v) is 3.98. The van der Waals surface area contributed by atoms with Gasteiger partial charge in [0.25, 0.3) is 0 Å². The lowest BCUT2D eigenvalue weighted by Crippen LogP contribution is -2.30. The van der Waals surface area contributed by atoms with Gasteiger partial charge in [0, 0.05) is 11.3 Å². The van der Waals surface area contributed by atoms with Crippen LogP contribution in [0.1, 0.15) is 25.7 Å². The second-order valence-corrected chi connectivity index (χ2v) is 7.97. The van der Waals surface area contributed by atoms with Gasteiger partial charge < -0.3 is 5.32 Å². The monoisotopic (exact) mass is 318 g/mol. The van der Waals surface area contributed by atoms with Crippen LogP contribution in [0.3, 0.4) is 0 Å². The molecule has 0 heterocycles. The van der Waals surface area contributed by atoms with Crippen LogP contribution in [-0.4, -0.2) is 26.0 Å². The maximum absolute atomic E-state index is 13.9. The zero-order chi connectivity index (χ0) is 14.8. The van der Waals surface area contributed by atoms with E-state index in [1.165, 1.54) is 25.0 Å². The minimum atomic E-state index is -3.86.